The molecule has 0 bridgehead atoms. The lowest BCUT2D eigenvalue weighted by molar-refractivity contribution is 0.267. The number of thiol groups is 2. The van der Waals surface area contributed by atoms with E-state index in [1.54, 1.807) is 0 Å². The molecule has 0 aromatic heterocycles. The average Bonchev–Trinajstić information content (AvgIpc) is 1.92. The standard InChI is InChI=1S/C4H13NO6P2S2/c6-12(7,8)5(13(9,10)11)3-1-2-4(14)15/h4,14-15H,1-3H2,(H2,6,7,8)(H2,9,10,11). The van der Waals surface area contributed by atoms with Gasteiger partial charge in [-0.3, -0.25) is 0 Å². The van der Waals surface area contributed by atoms with Crippen LogP contribution in [0, 0.1) is 0 Å². The van der Waals surface area contributed by atoms with Gasteiger partial charge < -0.3 is 19.6 Å². The fraction of sp³-hybridized carbons (Fsp3) is 1.00. The van der Waals surface area contributed by atoms with Crippen LogP contribution in [0.2, 0.25) is 0 Å². The van der Waals surface area contributed by atoms with Gasteiger partial charge in [-0.1, -0.05) is 0 Å². The van der Waals surface area contributed by atoms with Crippen LogP contribution >= 0.6 is 40.8 Å². The maximum absolute atomic E-state index is 10.7. The lowest BCUT2D eigenvalue weighted by atomic mass is 10.3. The first-order chi connectivity index (χ1) is 6.55. The Kier molecular flexibility index (Phi) is 6.43. The summed E-state index contributed by atoms with van der Waals surface area (Å²) < 4.78 is 21.1. The molecule has 7 nitrogen and oxygen atoms in total. The van der Waals surface area contributed by atoms with Gasteiger partial charge in [-0.2, -0.15) is 25.3 Å². The van der Waals surface area contributed by atoms with Gasteiger partial charge in [0, 0.05) is 11.1 Å². The van der Waals surface area contributed by atoms with E-state index >= 15 is 0 Å². The van der Waals surface area contributed by atoms with Crippen LogP contribution in [0.15, 0.2) is 0 Å². The molecule has 0 rings (SSSR count). The van der Waals surface area contributed by atoms with Crippen molar-refractivity contribution in [3.05, 3.63) is 0 Å². The van der Waals surface area contributed by atoms with Crippen molar-refractivity contribution < 1.29 is 28.7 Å². The van der Waals surface area contributed by atoms with Crippen LogP contribution in [0.3, 0.4) is 0 Å². The first-order valence-corrected chi connectivity index (χ1v) is 7.97. The fourth-order valence-electron chi connectivity index (χ4n) is 0.828. The monoisotopic (exact) mass is 297 g/mol. The molecule has 0 aromatic carbocycles. The summed E-state index contributed by atoms with van der Waals surface area (Å²) in [5, 5.41) is 0. The van der Waals surface area contributed by atoms with Crippen LogP contribution in [0.1, 0.15) is 12.8 Å². The number of hydrogen-bond acceptors (Lipinski definition) is 4. The quantitative estimate of drug-likeness (QED) is 0.239. The Labute approximate surface area is 98.1 Å². The second-order valence-electron chi connectivity index (χ2n) is 2.75. The van der Waals surface area contributed by atoms with Gasteiger partial charge in [-0.05, 0) is 12.8 Å². The molecule has 0 saturated heterocycles. The summed E-state index contributed by atoms with van der Waals surface area (Å²) in [7, 11) is -9.87. The van der Waals surface area contributed by atoms with E-state index in [2.05, 4.69) is 25.3 Å². The Morgan fingerprint density at radius 1 is 1.07 bits per heavy atom. The maximum atomic E-state index is 10.7. The van der Waals surface area contributed by atoms with Crippen LogP contribution in [0.4, 0.5) is 0 Å². The summed E-state index contributed by atoms with van der Waals surface area (Å²) in [4.78, 5) is 34.7. The minimum atomic E-state index is -4.94. The molecule has 0 unspecified atom stereocenters. The normalized spacial score (nSPS) is 13.9. The third-order valence-electron chi connectivity index (χ3n) is 1.42. The van der Waals surface area contributed by atoms with Crippen molar-refractivity contribution >= 4 is 40.8 Å². The Balaban J connectivity index is 4.43. The second kappa shape index (κ2) is 6.05. The van der Waals surface area contributed by atoms with Gasteiger partial charge in [-0.15, -0.1) is 4.44 Å². The highest BCUT2D eigenvalue weighted by atomic mass is 32.2. The zero-order chi connectivity index (χ0) is 12.3. The predicted molar refractivity (Wildman–Crippen MR) is 61.8 cm³/mol. The zero-order valence-electron chi connectivity index (χ0n) is 7.54. The molecule has 92 valence electrons. The van der Waals surface area contributed by atoms with Gasteiger partial charge in [-0.25, -0.2) is 9.13 Å². The smallest absolute Gasteiger partial charge is 0.312 e. The summed E-state index contributed by atoms with van der Waals surface area (Å²) in [6, 6.07) is 0. The summed E-state index contributed by atoms with van der Waals surface area (Å²) in [6.45, 7) is -0.411. The van der Waals surface area contributed by atoms with Gasteiger partial charge in [0.25, 0.3) is 0 Å². The van der Waals surface area contributed by atoms with Crippen molar-refractivity contribution in [3.8, 4) is 0 Å². The Morgan fingerprint density at radius 2 is 1.47 bits per heavy atom. The first-order valence-electron chi connectivity index (χ1n) is 3.81. The molecule has 0 aliphatic heterocycles. The average molecular weight is 297 g/mol. The fourth-order valence-corrected chi connectivity index (χ4v) is 3.21. The predicted octanol–water partition coefficient (Wildman–Crippen LogP) is 0.440. The van der Waals surface area contributed by atoms with Gasteiger partial charge in [0.15, 0.2) is 0 Å². The van der Waals surface area contributed by atoms with Crippen molar-refractivity contribution in [2.45, 2.75) is 17.4 Å². The number of nitrogens with zero attached hydrogens (tertiary/aromatic N) is 1. The van der Waals surface area contributed by atoms with E-state index in [9.17, 15) is 9.13 Å². The molecule has 0 radical (unpaired) electrons. The highest BCUT2D eigenvalue weighted by molar-refractivity contribution is 7.99. The molecule has 0 fully saturated rings. The van der Waals surface area contributed by atoms with Gasteiger partial charge in [0.05, 0.1) is 0 Å². The van der Waals surface area contributed by atoms with E-state index in [0.29, 0.717) is 6.42 Å². The van der Waals surface area contributed by atoms with Crippen LogP contribution in [0.5, 0.6) is 0 Å². The van der Waals surface area contributed by atoms with Crippen molar-refractivity contribution in [2.24, 2.45) is 0 Å². The topological polar surface area (TPSA) is 118 Å². The third kappa shape index (κ3) is 6.99. The minimum absolute atomic E-state index is 0.121. The molecule has 0 spiro atoms. The summed E-state index contributed by atoms with van der Waals surface area (Å²) in [6.07, 6.45) is 0.552. The van der Waals surface area contributed by atoms with Crippen LogP contribution < -0.4 is 0 Å². The third-order valence-corrected chi connectivity index (χ3v) is 4.94. The molecular formula is C4H13NO6P2S2. The first kappa shape index (κ1) is 16.0. The molecule has 4 N–H and O–H groups in total. The molecule has 15 heavy (non-hydrogen) atoms. The lowest BCUT2D eigenvalue weighted by Gasteiger charge is -2.23. The minimum Gasteiger partial charge on any atom is -0.312 e. The van der Waals surface area contributed by atoms with Gasteiger partial charge >= 0.3 is 15.5 Å². The van der Waals surface area contributed by atoms with Crippen molar-refractivity contribution in [1.29, 1.82) is 0 Å². The van der Waals surface area contributed by atoms with E-state index in [1.807, 2.05) is 0 Å². The molecular weight excluding hydrogens is 284 g/mol. The maximum Gasteiger partial charge on any atom is 0.412 e. The second-order valence-corrected chi connectivity index (χ2v) is 7.73. The van der Waals surface area contributed by atoms with Crippen LogP contribution in [-0.4, -0.2) is 35.1 Å². The van der Waals surface area contributed by atoms with E-state index in [4.69, 9.17) is 19.6 Å². The summed E-state index contributed by atoms with van der Waals surface area (Å²) >= 11 is 7.81. The summed E-state index contributed by atoms with van der Waals surface area (Å²) in [5.41, 5.74) is 0. The largest absolute Gasteiger partial charge is 0.412 e. The highest BCUT2D eigenvalue weighted by Crippen LogP contribution is 2.57. The van der Waals surface area contributed by atoms with Crippen LogP contribution in [0.25, 0.3) is 0 Å². The zero-order valence-corrected chi connectivity index (χ0v) is 11.1. The molecule has 0 saturated carbocycles. The van der Waals surface area contributed by atoms with Crippen molar-refractivity contribution in [1.82, 2.24) is 4.44 Å². The molecule has 0 aliphatic carbocycles. The Morgan fingerprint density at radius 3 is 1.73 bits per heavy atom. The van der Waals surface area contributed by atoms with E-state index in [-0.39, 0.29) is 15.4 Å². The Bertz CT molecular complexity index is 265. The lowest BCUT2D eigenvalue weighted by Crippen LogP contribution is -2.18. The van der Waals surface area contributed by atoms with E-state index in [1.165, 1.54) is 0 Å². The SMILES string of the molecule is O=P(O)(O)N(CCCC(S)S)P(=O)(O)O. The molecule has 0 heterocycles. The Hall–Kier alpha value is 0.960. The summed E-state index contributed by atoms with van der Waals surface area (Å²) in [5.74, 6) is 0. The van der Waals surface area contributed by atoms with Gasteiger partial charge in [0.2, 0.25) is 0 Å². The van der Waals surface area contributed by atoms with Crippen molar-refractivity contribution in [3.63, 3.8) is 0 Å². The molecule has 0 amide bonds. The van der Waals surface area contributed by atoms with E-state index in [0.717, 1.165) is 0 Å². The number of rotatable bonds is 6. The molecule has 0 atom stereocenters. The van der Waals surface area contributed by atoms with E-state index < -0.39 is 22.0 Å². The van der Waals surface area contributed by atoms with Gasteiger partial charge in [0.1, 0.15) is 0 Å². The van der Waals surface area contributed by atoms with Crippen molar-refractivity contribution in [2.75, 3.05) is 6.54 Å². The highest BCUT2D eigenvalue weighted by Gasteiger charge is 2.38. The van der Waals surface area contributed by atoms with Crippen LogP contribution in [-0.2, 0) is 9.13 Å². The molecule has 0 aliphatic rings. The molecule has 11 heteroatoms. The molecule has 0 aromatic rings. The number of hydrogen-bond donors (Lipinski definition) is 6.